The number of rotatable bonds is 3. The lowest BCUT2D eigenvalue weighted by molar-refractivity contribution is 0.122. The van der Waals surface area contributed by atoms with Crippen LogP contribution in [0.2, 0.25) is 0 Å². The van der Waals surface area contributed by atoms with E-state index in [0.717, 1.165) is 30.5 Å². The highest BCUT2D eigenvalue weighted by atomic mass is 19.1. The van der Waals surface area contributed by atoms with Crippen molar-refractivity contribution >= 4 is 17.5 Å². The Hall–Kier alpha value is -2.92. The molecule has 1 aromatic heterocycles. The summed E-state index contributed by atoms with van der Waals surface area (Å²) in [6, 6.07) is 8.77. The summed E-state index contributed by atoms with van der Waals surface area (Å²) in [6.45, 7) is 7.88. The first-order chi connectivity index (χ1) is 13.7. The molecule has 0 unspecified atom stereocenters. The van der Waals surface area contributed by atoms with Gasteiger partial charge in [0.25, 0.3) is 0 Å². The van der Waals surface area contributed by atoms with Crippen molar-refractivity contribution < 1.29 is 9.13 Å². The van der Waals surface area contributed by atoms with E-state index in [9.17, 15) is 9.65 Å². The Kier molecular flexibility index (Phi) is 5.26. The summed E-state index contributed by atoms with van der Waals surface area (Å²) in [5, 5.41) is 9.28. The van der Waals surface area contributed by atoms with Gasteiger partial charge in [0, 0.05) is 51.0 Å². The van der Waals surface area contributed by atoms with Gasteiger partial charge in [-0.1, -0.05) is 6.07 Å². The number of aromatic nitrogens is 2. The van der Waals surface area contributed by atoms with Crippen LogP contribution in [-0.4, -0.2) is 62.5 Å². The number of morpholine rings is 1. The molecule has 2 fully saturated rings. The monoisotopic (exact) mass is 382 g/mol. The van der Waals surface area contributed by atoms with Crippen molar-refractivity contribution in [1.82, 2.24) is 9.97 Å². The Morgan fingerprint density at radius 3 is 2.43 bits per heavy atom. The van der Waals surface area contributed by atoms with Crippen LogP contribution in [0.3, 0.4) is 0 Å². The molecule has 1 aromatic carbocycles. The number of halogens is 1. The Labute approximate surface area is 164 Å². The maximum absolute atomic E-state index is 13.9. The van der Waals surface area contributed by atoms with E-state index >= 15 is 0 Å². The summed E-state index contributed by atoms with van der Waals surface area (Å²) in [4.78, 5) is 15.8. The molecule has 2 aliphatic heterocycles. The molecule has 8 heteroatoms. The van der Waals surface area contributed by atoms with Crippen LogP contribution < -0.4 is 14.7 Å². The number of benzene rings is 1. The first kappa shape index (κ1) is 18.4. The van der Waals surface area contributed by atoms with Gasteiger partial charge in [0.15, 0.2) is 0 Å². The summed E-state index contributed by atoms with van der Waals surface area (Å²) >= 11 is 0. The highest BCUT2D eigenvalue weighted by molar-refractivity contribution is 5.60. The number of piperazine rings is 1. The Balaban J connectivity index is 1.49. The fourth-order valence-electron chi connectivity index (χ4n) is 3.67. The van der Waals surface area contributed by atoms with E-state index in [1.165, 1.54) is 6.07 Å². The zero-order valence-electron chi connectivity index (χ0n) is 15.9. The van der Waals surface area contributed by atoms with Crippen molar-refractivity contribution in [1.29, 1.82) is 5.26 Å². The summed E-state index contributed by atoms with van der Waals surface area (Å²) in [5.74, 6) is 1.19. The second-order valence-electron chi connectivity index (χ2n) is 6.99. The zero-order chi connectivity index (χ0) is 19.5. The molecule has 0 radical (unpaired) electrons. The van der Waals surface area contributed by atoms with E-state index in [2.05, 4.69) is 19.7 Å². The minimum atomic E-state index is -0.473. The van der Waals surface area contributed by atoms with Crippen LogP contribution in [0.5, 0.6) is 0 Å². The van der Waals surface area contributed by atoms with Crippen molar-refractivity contribution in [3.63, 3.8) is 0 Å². The van der Waals surface area contributed by atoms with Crippen LogP contribution in [0.25, 0.3) is 0 Å². The molecular weight excluding hydrogens is 359 g/mol. The fraction of sp³-hybridized carbons (Fsp3) is 0.450. The third-order valence-corrected chi connectivity index (χ3v) is 5.17. The van der Waals surface area contributed by atoms with Gasteiger partial charge < -0.3 is 19.4 Å². The molecule has 0 spiro atoms. The van der Waals surface area contributed by atoms with Crippen LogP contribution in [0.1, 0.15) is 11.3 Å². The highest BCUT2D eigenvalue weighted by Crippen LogP contribution is 2.25. The lowest BCUT2D eigenvalue weighted by atomic mass is 10.1. The first-order valence-electron chi connectivity index (χ1n) is 9.52. The minimum absolute atomic E-state index is 0.109. The first-order valence-corrected chi connectivity index (χ1v) is 9.52. The van der Waals surface area contributed by atoms with E-state index < -0.39 is 5.82 Å². The normalized spacial score (nSPS) is 17.5. The standard InChI is InChI=1S/C20H23FN6O/c1-15-13-19(26-9-11-28-12-10-26)24-20(23-15)27-7-5-25(6-8-27)18-4-2-3-17(21)16(18)14-22/h2-4,13H,5-12H2,1H3. The molecule has 3 heterocycles. The molecule has 0 atom stereocenters. The summed E-state index contributed by atoms with van der Waals surface area (Å²) in [7, 11) is 0. The third kappa shape index (κ3) is 3.71. The van der Waals surface area contributed by atoms with Gasteiger partial charge >= 0.3 is 0 Å². The minimum Gasteiger partial charge on any atom is -0.378 e. The van der Waals surface area contributed by atoms with E-state index in [1.807, 2.05) is 19.1 Å². The molecule has 4 rings (SSSR count). The van der Waals surface area contributed by atoms with Crippen molar-refractivity contribution in [3.05, 3.63) is 41.3 Å². The fourth-order valence-corrected chi connectivity index (χ4v) is 3.67. The van der Waals surface area contributed by atoms with Gasteiger partial charge in [-0.3, -0.25) is 0 Å². The predicted octanol–water partition coefficient (Wildman–Crippen LogP) is 1.96. The van der Waals surface area contributed by atoms with Gasteiger partial charge in [-0.15, -0.1) is 0 Å². The third-order valence-electron chi connectivity index (χ3n) is 5.17. The number of ether oxygens (including phenoxy) is 1. The predicted molar refractivity (Wildman–Crippen MR) is 105 cm³/mol. The molecule has 0 bridgehead atoms. The molecule has 146 valence electrons. The molecular formula is C20H23FN6O. The lowest BCUT2D eigenvalue weighted by Gasteiger charge is -2.37. The number of anilines is 3. The molecule has 2 aliphatic rings. The van der Waals surface area contributed by atoms with Gasteiger partial charge in [0.2, 0.25) is 5.95 Å². The molecule has 0 N–H and O–H groups in total. The number of hydrogen-bond acceptors (Lipinski definition) is 7. The van der Waals surface area contributed by atoms with Crippen LogP contribution in [0.15, 0.2) is 24.3 Å². The number of aryl methyl sites for hydroxylation is 1. The topological polar surface area (TPSA) is 68.5 Å². The van der Waals surface area contributed by atoms with E-state index in [4.69, 9.17) is 9.72 Å². The van der Waals surface area contributed by atoms with Crippen LogP contribution in [0.4, 0.5) is 21.8 Å². The summed E-state index contributed by atoms with van der Waals surface area (Å²) in [6.07, 6.45) is 0. The highest BCUT2D eigenvalue weighted by Gasteiger charge is 2.23. The smallest absolute Gasteiger partial charge is 0.227 e. The van der Waals surface area contributed by atoms with Gasteiger partial charge in [0.1, 0.15) is 23.3 Å². The van der Waals surface area contributed by atoms with Crippen LogP contribution in [-0.2, 0) is 4.74 Å². The van der Waals surface area contributed by atoms with Crippen molar-refractivity contribution in [2.45, 2.75) is 6.92 Å². The Morgan fingerprint density at radius 1 is 1.00 bits per heavy atom. The Bertz CT molecular complexity index is 885. The number of nitrogens with zero attached hydrogens (tertiary/aromatic N) is 6. The quantitative estimate of drug-likeness (QED) is 0.804. The van der Waals surface area contributed by atoms with Gasteiger partial charge in [-0.25, -0.2) is 9.37 Å². The second-order valence-corrected chi connectivity index (χ2v) is 6.99. The average molecular weight is 382 g/mol. The molecule has 28 heavy (non-hydrogen) atoms. The molecule has 0 saturated carbocycles. The SMILES string of the molecule is Cc1cc(N2CCOCC2)nc(N2CCN(c3cccc(F)c3C#N)CC2)n1. The van der Waals surface area contributed by atoms with Gasteiger partial charge in [-0.05, 0) is 19.1 Å². The number of hydrogen-bond donors (Lipinski definition) is 0. The average Bonchev–Trinajstić information content (AvgIpc) is 2.74. The number of nitriles is 1. The Morgan fingerprint density at radius 2 is 1.71 bits per heavy atom. The molecule has 7 nitrogen and oxygen atoms in total. The molecule has 0 amide bonds. The van der Waals surface area contributed by atoms with Gasteiger partial charge in [-0.2, -0.15) is 10.2 Å². The maximum Gasteiger partial charge on any atom is 0.227 e. The maximum atomic E-state index is 13.9. The van der Waals surface area contributed by atoms with E-state index in [-0.39, 0.29) is 5.56 Å². The van der Waals surface area contributed by atoms with E-state index in [1.54, 1.807) is 12.1 Å². The second kappa shape index (κ2) is 7.98. The zero-order valence-corrected chi connectivity index (χ0v) is 15.9. The summed E-state index contributed by atoms with van der Waals surface area (Å²) in [5.41, 5.74) is 1.70. The van der Waals surface area contributed by atoms with Gasteiger partial charge in [0.05, 0.1) is 18.9 Å². The van der Waals surface area contributed by atoms with Crippen molar-refractivity contribution in [2.75, 3.05) is 67.2 Å². The molecule has 0 aliphatic carbocycles. The van der Waals surface area contributed by atoms with Crippen molar-refractivity contribution in [3.8, 4) is 6.07 Å². The lowest BCUT2D eigenvalue weighted by Crippen LogP contribution is -2.47. The van der Waals surface area contributed by atoms with Crippen LogP contribution >= 0.6 is 0 Å². The summed E-state index contributed by atoms with van der Waals surface area (Å²) < 4.78 is 19.3. The molecule has 2 aromatic rings. The molecule has 2 saturated heterocycles. The van der Waals surface area contributed by atoms with Crippen LogP contribution in [0, 0.1) is 24.1 Å². The largest absolute Gasteiger partial charge is 0.378 e. The van der Waals surface area contributed by atoms with E-state index in [0.29, 0.717) is 45.1 Å². The van der Waals surface area contributed by atoms with Crippen molar-refractivity contribution in [2.24, 2.45) is 0 Å².